The highest BCUT2D eigenvalue weighted by Gasteiger charge is 2.28. The Morgan fingerprint density at radius 1 is 1.24 bits per heavy atom. The molecule has 0 radical (unpaired) electrons. The summed E-state index contributed by atoms with van der Waals surface area (Å²) in [6.07, 6.45) is 3.60. The van der Waals surface area contributed by atoms with Crippen molar-refractivity contribution in [3.05, 3.63) is 10.7 Å². The minimum Gasteiger partial charge on any atom is -0.444 e. The second-order valence-corrected chi connectivity index (χ2v) is 8.43. The normalized spacial score (nSPS) is 20.0. The van der Waals surface area contributed by atoms with Crippen molar-refractivity contribution in [3.8, 4) is 0 Å². The molecule has 3 heterocycles. The molecule has 2 saturated heterocycles. The summed E-state index contributed by atoms with van der Waals surface area (Å²) in [6, 6.07) is 0.310. The first-order chi connectivity index (χ1) is 11.8. The lowest BCUT2D eigenvalue weighted by atomic mass is 10.1. The SMILES string of the molecule is CC(C)(C)OC(=O)N1CCC(n2cc(Br)c(N3CCOCC3)n2)CC1. The van der Waals surface area contributed by atoms with Crippen LogP contribution in [0.4, 0.5) is 10.6 Å². The highest BCUT2D eigenvalue weighted by Crippen LogP contribution is 2.30. The van der Waals surface area contributed by atoms with Crippen LogP contribution in [-0.2, 0) is 9.47 Å². The standard InChI is InChI=1S/C17H27BrN4O3/c1-17(2,3)25-16(23)21-6-4-13(5-7-21)22-12-14(18)15(19-22)20-8-10-24-11-9-20/h12-13H,4-11H2,1-3H3. The average molecular weight is 415 g/mol. The number of nitrogens with zero attached hydrogens (tertiary/aromatic N) is 4. The molecule has 0 saturated carbocycles. The lowest BCUT2D eigenvalue weighted by Gasteiger charge is -2.33. The van der Waals surface area contributed by atoms with Gasteiger partial charge in [-0.25, -0.2) is 4.79 Å². The molecule has 8 heteroatoms. The Hall–Kier alpha value is -1.28. The molecule has 1 aromatic heterocycles. The molecule has 2 aliphatic rings. The molecule has 3 rings (SSSR count). The smallest absolute Gasteiger partial charge is 0.410 e. The third-order valence-electron chi connectivity index (χ3n) is 4.47. The van der Waals surface area contributed by atoms with Gasteiger partial charge in [0, 0.05) is 32.4 Å². The number of morpholine rings is 1. The number of piperidine rings is 1. The van der Waals surface area contributed by atoms with Gasteiger partial charge in [0.15, 0.2) is 5.82 Å². The zero-order valence-electron chi connectivity index (χ0n) is 15.2. The van der Waals surface area contributed by atoms with E-state index in [1.165, 1.54) is 0 Å². The van der Waals surface area contributed by atoms with Gasteiger partial charge in [-0.15, -0.1) is 0 Å². The quantitative estimate of drug-likeness (QED) is 0.743. The third kappa shape index (κ3) is 4.67. The number of anilines is 1. The van der Waals surface area contributed by atoms with E-state index in [4.69, 9.17) is 14.6 Å². The van der Waals surface area contributed by atoms with Crippen molar-refractivity contribution >= 4 is 27.8 Å². The molecule has 7 nitrogen and oxygen atoms in total. The van der Waals surface area contributed by atoms with E-state index >= 15 is 0 Å². The van der Waals surface area contributed by atoms with Crippen LogP contribution in [0.3, 0.4) is 0 Å². The van der Waals surface area contributed by atoms with Crippen LogP contribution in [0.25, 0.3) is 0 Å². The van der Waals surface area contributed by atoms with Gasteiger partial charge in [0.1, 0.15) is 5.60 Å². The molecular formula is C17H27BrN4O3. The summed E-state index contributed by atoms with van der Waals surface area (Å²) in [4.78, 5) is 16.2. The summed E-state index contributed by atoms with van der Waals surface area (Å²) < 4.78 is 13.9. The molecule has 1 amide bonds. The maximum absolute atomic E-state index is 12.2. The number of hydrogen-bond donors (Lipinski definition) is 0. The van der Waals surface area contributed by atoms with E-state index in [9.17, 15) is 4.79 Å². The number of aromatic nitrogens is 2. The highest BCUT2D eigenvalue weighted by atomic mass is 79.9. The van der Waals surface area contributed by atoms with Crippen LogP contribution in [0.1, 0.15) is 39.7 Å². The fourth-order valence-electron chi connectivity index (χ4n) is 3.18. The fraction of sp³-hybridized carbons (Fsp3) is 0.765. The van der Waals surface area contributed by atoms with Crippen LogP contribution in [0.2, 0.25) is 0 Å². The molecular weight excluding hydrogens is 388 g/mol. The number of halogens is 1. The van der Waals surface area contributed by atoms with Crippen molar-refractivity contribution in [1.29, 1.82) is 0 Å². The lowest BCUT2D eigenvalue weighted by molar-refractivity contribution is 0.0185. The monoisotopic (exact) mass is 414 g/mol. The predicted molar refractivity (Wildman–Crippen MR) is 99.0 cm³/mol. The molecule has 0 spiro atoms. The Balaban J connectivity index is 1.59. The van der Waals surface area contributed by atoms with E-state index in [1.807, 2.05) is 25.5 Å². The summed E-state index contributed by atoms with van der Waals surface area (Å²) in [7, 11) is 0. The number of carbonyl (C=O) groups is 1. The van der Waals surface area contributed by atoms with Gasteiger partial charge in [0.25, 0.3) is 0 Å². The maximum Gasteiger partial charge on any atom is 0.410 e. The molecule has 0 aliphatic carbocycles. The summed E-state index contributed by atoms with van der Waals surface area (Å²) in [5, 5.41) is 4.79. The van der Waals surface area contributed by atoms with Crippen molar-refractivity contribution in [1.82, 2.24) is 14.7 Å². The number of rotatable bonds is 2. The molecule has 2 aliphatic heterocycles. The van der Waals surface area contributed by atoms with Crippen LogP contribution < -0.4 is 4.90 Å². The van der Waals surface area contributed by atoms with E-state index in [-0.39, 0.29) is 6.09 Å². The van der Waals surface area contributed by atoms with Crippen LogP contribution in [0.5, 0.6) is 0 Å². The number of carbonyl (C=O) groups excluding carboxylic acids is 1. The molecule has 0 aromatic carbocycles. The Morgan fingerprint density at radius 2 is 1.88 bits per heavy atom. The summed E-state index contributed by atoms with van der Waals surface area (Å²) in [5.74, 6) is 0.984. The molecule has 0 unspecified atom stereocenters. The van der Waals surface area contributed by atoms with Gasteiger partial charge < -0.3 is 19.3 Å². The Kier molecular flexibility index (Phi) is 5.58. The predicted octanol–water partition coefficient (Wildman–Crippen LogP) is 3.05. The van der Waals surface area contributed by atoms with Gasteiger partial charge in [-0.05, 0) is 49.5 Å². The minimum atomic E-state index is -0.451. The molecule has 0 N–H and O–H groups in total. The third-order valence-corrected chi connectivity index (χ3v) is 5.03. The van der Waals surface area contributed by atoms with Crippen molar-refractivity contribution in [3.63, 3.8) is 0 Å². The van der Waals surface area contributed by atoms with Gasteiger partial charge in [0.2, 0.25) is 0 Å². The van der Waals surface area contributed by atoms with Crippen molar-refractivity contribution in [2.45, 2.75) is 45.3 Å². The summed E-state index contributed by atoms with van der Waals surface area (Å²) in [5.41, 5.74) is -0.451. The molecule has 2 fully saturated rings. The highest BCUT2D eigenvalue weighted by molar-refractivity contribution is 9.10. The van der Waals surface area contributed by atoms with Gasteiger partial charge in [0.05, 0.1) is 23.7 Å². The number of amides is 1. The number of likely N-dealkylation sites (tertiary alicyclic amines) is 1. The summed E-state index contributed by atoms with van der Waals surface area (Å²) >= 11 is 3.64. The average Bonchev–Trinajstić information content (AvgIpc) is 2.96. The maximum atomic E-state index is 12.2. The molecule has 0 bridgehead atoms. The van der Waals surface area contributed by atoms with Crippen molar-refractivity contribution in [2.24, 2.45) is 0 Å². The van der Waals surface area contributed by atoms with Crippen LogP contribution in [-0.4, -0.2) is 65.8 Å². The van der Waals surface area contributed by atoms with Gasteiger partial charge in [-0.1, -0.05) is 0 Å². The molecule has 1 aromatic rings. The first-order valence-corrected chi connectivity index (χ1v) is 9.68. The minimum absolute atomic E-state index is 0.221. The molecule has 140 valence electrons. The van der Waals surface area contributed by atoms with E-state index in [0.29, 0.717) is 19.1 Å². The van der Waals surface area contributed by atoms with Crippen LogP contribution in [0.15, 0.2) is 10.7 Å². The van der Waals surface area contributed by atoms with Crippen LogP contribution >= 0.6 is 15.9 Å². The van der Waals surface area contributed by atoms with E-state index in [2.05, 4.69) is 27.0 Å². The fourth-order valence-corrected chi connectivity index (χ4v) is 3.72. The zero-order valence-corrected chi connectivity index (χ0v) is 16.8. The second kappa shape index (κ2) is 7.53. The second-order valence-electron chi connectivity index (χ2n) is 7.58. The first kappa shape index (κ1) is 18.5. The van der Waals surface area contributed by atoms with E-state index in [1.54, 1.807) is 4.90 Å². The van der Waals surface area contributed by atoms with E-state index < -0.39 is 5.60 Å². The lowest BCUT2D eigenvalue weighted by Crippen LogP contribution is -2.42. The van der Waals surface area contributed by atoms with Crippen molar-refractivity contribution in [2.75, 3.05) is 44.3 Å². The van der Waals surface area contributed by atoms with E-state index in [0.717, 1.165) is 49.4 Å². The Labute approximate surface area is 157 Å². The zero-order chi connectivity index (χ0) is 18.0. The Morgan fingerprint density at radius 3 is 2.48 bits per heavy atom. The van der Waals surface area contributed by atoms with Crippen LogP contribution in [0, 0.1) is 0 Å². The number of hydrogen-bond acceptors (Lipinski definition) is 5. The molecule has 25 heavy (non-hydrogen) atoms. The largest absolute Gasteiger partial charge is 0.444 e. The van der Waals surface area contributed by atoms with Crippen molar-refractivity contribution < 1.29 is 14.3 Å². The van der Waals surface area contributed by atoms with Gasteiger partial charge >= 0.3 is 6.09 Å². The Bertz CT molecular complexity index is 600. The summed E-state index contributed by atoms with van der Waals surface area (Å²) in [6.45, 7) is 10.3. The molecule has 0 atom stereocenters. The van der Waals surface area contributed by atoms with Gasteiger partial charge in [-0.3, -0.25) is 4.68 Å². The number of ether oxygens (including phenoxy) is 2. The first-order valence-electron chi connectivity index (χ1n) is 8.89. The topological polar surface area (TPSA) is 59.8 Å². The van der Waals surface area contributed by atoms with Gasteiger partial charge in [-0.2, -0.15) is 5.10 Å².